The number of methoxy groups -OCH3 is 1. The predicted octanol–water partition coefficient (Wildman–Crippen LogP) is 3.89. The number of fused-ring (bicyclic) bond motifs is 1. The van der Waals surface area contributed by atoms with Crippen LogP contribution in [0.5, 0.6) is 5.88 Å². The van der Waals surface area contributed by atoms with E-state index < -0.39 is 5.95 Å². The summed E-state index contributed by atoms with van der Waals surface area (Å²) in [6.07, 6.45) is 9.82. The summed E-state index contributed by atoms with van der Waals surface area (Å²) in [7, 11) is 5.34. The Bertz CT molecular complexity index is 1330. The summed E-state index contributed by atoms with van der Waals surface area (Å²) in [5, 5.41) is 3.64. The summed E-state index contributed by atoms with van der Waals surface area (Å²) in [6.45, 7) is 0.648. The van der Waals surface area contributed by atoms with Crippen LogP contribution in [-0.4, -0.2) is 58.5 Å². The fraction of sp³-hybridized carbons (Fsp3) is 0.167. The van der Waals surface area contributed by atoms with E-state index in [0.717, 1.165) is 22.1 Å². The van der Waals surface area contributed by atoms with E-state index in [0.29, 0.717) is 29.3 Å². The maximum Gasteiger partial charge on any atom is 0.248 e. The number of carbonyl (C=O) groups is 1. The van der Waals surface area contributed by atoms with Gasteiger partial charge < -0.3 is 19.9 Å². The number of aromatic amines is 1. The summed E-state index contributed by atoms with van der Waals surface area (Å²) in [4.78, 5) is 29.8. The average molecular weight is 446 g/mol. The normalized spacial score (nSPS) is 11.4. The molecule has 0 aliphatic heterocycles. The number of rotatable bonds is 7. The molecule has 168 valence electrons. The van der Waals surface area contributed by atoms with Crippen LogP contribution in [0.4, 0.5) is 10.1 Å². The molecular weight excluding hydrogens is 423 g/mol. The number of nitrogens with one attached hydrogen (secondary N) is 2. The molecule has 4 aromatic heterocycles. The molecule has 0 saturated heterocycles. The van der Waals surface area contributed by atoms with Gasteiger partial charge >= 0.3 is 0 Å². The van der Waals surface area contributed by atoms with Gasteiger partial charge in [0.25, 0.3) is 0 Å². The van der Waals surface area contributed by atoms with Gasteiger partial charge in [0.1, 0.15) is 11.3 Å². The fourth-order valence-corrected chi connectivity index (χ4v) is 3.38. The number of carbonyl (C=O) groups excluding carboxylic acids is 1. The number of amides is 1. The summed E-state index contributed by atoms with van der Waals surface area (Å²) in [5.41, 5.74) is 4.14. The van der Waals surface area contributed by atoms with Crippen LogP contribution in [0.25, 0.3) is 33.3 Å². The molecule has 4 rings (SSSR count). The lowest BCUT2D eigenvalue weighted by Gasteiger charge is -2.11. The Morgan fingerprint density at radius 2 is 1.94 bits per heavy atom. The zero-order valence-electron chi connectivity index (χ0n) is 18.5. The highest BCUT2D eigenvalue weighted by Gasteiger charge is 2.13. The highest BCUT2D eigenvalue weighted by atomic mass is 19.1. The lowest BCUT2D eigenvalue weighted by molar-refractivity contribution is -0.111. The number of likely N-dealkylation sites (N-methyl/N-ethyl adjacent to an activating group) is 1. The van der Waals surface area contributed by atoms with E-state index in [1.165, 1.54) is 25.4 Å². The van der Waals surface area contributed by atoms with Gasteiger partial charge in [-0.15, -0.1) is 0 Å². The van der Waals surface area contributed by atoms with Crippen LogP contribution >= 0.6 is 0 Å². The van der Waals surface area contributed by atoms with Crippen LogP contribution < -0.4 is 10.1 Å². The van der Waals surface area contributed by atoms with Gasteiger partial charge in [0.05, 0.1) is 7.11 Å². The van der Waals surface area contributed by atoms with Crippen molar-refractivity contribution < 1.29 is 13.9 Å². The summed E-state index contributed by atoms with van der Waals surface area (Å²) >= 11 is 0. The van der Waals surface area contributed by atoms with Crippen LogP contribution in [-0.2, 0) is 4.79 Å². The SMILES string of the molecule is COc1ncc(-c2cnc3[nH]cc(-c4ccnc(F)c4)c3c2)cc1NC(=O)/C=C/CN(C)C. The first-order chi connectivity index (χ1) is 15.9. The lowest BCUT2D eigenvalue weighted by atomic mass is 10.0. The number of anilines is 1. The Labute approximate surface area is 190 Å². The molecule has 0 saturated carbocycles. The van der Waals surface area contributed by atoms with Gasteiger partial charge in [-0.05, 0) is 37.9 Å². The number of hydrogen-bond acceptors (Lipinski definition) is 6. The largest absolute Gasteiger partial charge is 0.480 e. The van der Waals surface area contributed by atoms with E-state index in [4.69, 9.17) is 4.74 Å². The van der Waals surface area contributed by atoms with Gasteiger partial charge in [0.2, 0.25) is 17.7 Å². The van der Waals surface area contributed by atoms with Gasteiger partial charge in [0.15, 0.2) is 0 Å². The average Bonchev–Trinajstić information content (AvgIpc) is 3.22. The molecule has 8 nitrogen and oxygen atoms in total. The molecule has 33 heavy (non-hydrogen) atoms. The standard InChI is InChI=1S/C24H23FN6O2/c1-31(2)8-4-5-22(32)30-20-10-17(13-29-24(20)33-3)16-9-18-19(14-28-23(18)27-12-16)15-6-7-26-21(25)11-15/h4-7,9-14H,8H2,1-3H3,(H,27,28)(H,30,32)/b5-4+. The number of hydrogen-bond donors (Lipinski definition) is 2. The second-order valence-electron chi connectivity index (χ2n) is 7.62. The number of halogens is 1. The van der Waals surface area contributed by atoms with E-state index >= 15 is 0 Å². The highest BCUT2D eigenvalue weighted by molar-refractivity contribution is 6.01. The van der Waals surface area contributed by atoms with E-state index in [2.05, 4.69) is 25.3 Å². The highest BCUT2D eigenvalue weighted by Crippen LogP contribution is 2.33. The number of nitrogens with zero attached hydrogens (tertiary/aromatic N) is 4. The predicted molar refractivity (Wildman–Crippen MR) is 125 cm³/mol. The quantitative estimate of drug-likeness (QED) is 0.330. The molecule has 0 aromatic carbocycles. The molecule has 0 atom stereocenters. The van der Waals surface area contributed by atoms with Crippen molar-refractivity contribution in [3.05, 3.63) is 67.2 Å². The van der Waals surface area contributed by atoms with Crippen LogP contribution in [0, 0.1) is 5.95 Å². The Hall–Kier alpha value is -4.11. The van der Waals surface area contributed by atoms with Crippen molar-refractivity contribution in [1.29, 1.82) is 0 Å². The maximum atomic E-state index is 13.6. The van der Waals surface area contributed by atoms with E-state index in [9.17, 15) is 9.18 Å². The molecule has 0 bridgehead atoms. The second kappa shape index (κ2) is 9.58. The molecule has 9 heteroatoms. The van der Waals surface area contributed by atoms with E-state index in [1.807, 2.05) is 25.1 Å². The van der Waals surface area contributed by atoms with Gasteiger partial charge in [0, 0.05) is 65.6 Å². The minimum atomic E-state index is -0.551. The zero-order chi connectivity index (χ0) is 23.4. The van der Waals surface area contributed by atoms with Crippen molar-refractivity contribution in [3.8, 4) is 28.1 Å². The molecule has 0 fully saturated rings. The first-order valence-corrected chi connectivity index (χ1v) is 10.2. The van der Waals surface area contributed by atoms with Gasteiger partial charge in [-0.2, -0.15) is 4.39 Å². The Morgan fingerprint density at radius 3 is 2.70 bits per heavy atom. The molecule has 4 heterocycles. The molecule has 0 radical (unpaired) electrons. The molecule has 2 N–H and O–H groups in total. The summed E-state index contributed by atoms with van der Waals surface area (Å²) in [5.74, 6) is -0.530. The molecule has 0 unspecified atom stereocenters. The first kappa shape index (κ1) is 22.1. The third-order valence-corrected chi connectivity index (χ3v) is 4.94. The Balaban J connectivity index is 1.68. The van der Waals surface area contributed by atoms with Gasteiger partial charge in [-0.25, -0.2) is 15.0 Å². The third-order valence-electron chi connectivity index (χ3n) is 4.94. The minimum Gasteiger partial charge on any atom is -0.480 e. The van der Waals surface area contributed by atoms with Crippen molar-refractivity contribution in [2.45, 2.75) is 0 Å². The molecule has 0 aliphatic carbocycles. The van der Waals surface area contributed by atoms with E-state index in [-0.39, 0.29) is 5.91 Å². The number of pyridine rings is 3. The van der Waals surface area contributed by atoms with Gasteiger partial charge in [-0.1, -0.05) is 6.08 Å². The summed E-state index contributed by atoms with van der Waals surface area (Å²) < 4.78 is 18.9. The van der Waals surface area contributed by atoms with Crippen molar-refractivity contribution in [1.82, 2.24) is 24.8 Å². The van der Waals surface area contributed by atoms with Crippen LogP contribution in [0.2, 0.25) is 0 Å². The smallest absolute Gasteiger partial charge is 0.248 e. The van der Waals surface area contributed by atoms with Crippen molar-refractivity contribution in [3.63, 3.8) is 0 Å². The summed E-state index contributed by atoms with van der Waals surface area (Å²) in [6, 6.07) is 6.84. The molecule has 4 aromatic rings. The van der Waals surface area contributed by atoms with Crippen molar-refractivity contribution in [2.24, 2.45) is 0 Å². The monoisotopic (exact) mass is 446 g/mol. The first-order valence-electron chi connectivity index (χ1n) is 10.2. The minimum absolute atomic E-state index is 0.282. The topological polar surface area (TPSA) is 96.0 Å². The molecular formula is C24H23FN6O2. The van der Waals surface area contributed by atoms with Crippen LogP contribution in [0.15, 0.2) is 61.2 Å². The lowest BCUT2D eigenvalue weighted by Crippen LogP contribution is -2.13. The molecule has 1 amide bonds. The fourth-order valence-electron chi connectivity index (χ4n) is 3.38. The van der Waals surface area contributed by atoms with Crippen molar-refractivity contribution in [2.75, 3.05) is 33.1 Å². The van der Waals surface area contributed by atoms with Crippen molar-refractivity contribution >= 4 is 22.6 Å². The van der Waals surface area contributed by atoms with Gasteiger partial charge in [-0.3, -0.25) is 4.79 Å². The van der Waals surface area contributed by atoms with Crippen LogP contribution in [0.3, 0.4) is 0 Å². The second-order valence-corrected chi connectivity index (χ2v) is 7.62. The van der Waals surface area contributed by atoms with Crippen LogP contribution in [0.1, 0.15) is 0 Å². The molecule has 0 spiro atoms. The molecule has 0 aliphatic rings. The number of ether oxygens (including phenoxy) is 1. The Kier molecular flexibility index (Phi) is 6.41. The maximum absolute atomic E-state index is 13.6. The number of H-pyrrole nitrogens is 1. The number of aromatic nitrogens is 4. The van der Waals surface area contributed by atoms with E-state index in [1.54, 1.807) is 36.8 Å². The third kappa shape index (κ3) is 5.04. The zero-order valence-corrected chi connectivity index (χ0v) is 18.5. The Morgan fingerprint density at radius 1 is 1.15 bits per heavy atom.